The van der Waals surface area contributed by atoms with Crippen LogP contribution in [0.15, 0.2) is 52.1 Å². The molecule has 0 radical (unpaired) electrons. The second-order valence-electron chi connectivity index (χ2n) is 8.63. The molecule has 1 saturated heterocycles. The number of furan rings is 1. The fourth-order valence-electron chi connectivity index (χ4n) is 4.41. The number of aryl methyl sites for hydroxylation is 1. The third kappa shape index (κ3) is 5.18. The summed E-state index contributed by atoms with van der Waals surface area (Å²) in [6.45, 7) is 8.76. The highest BCUT2D eigenvalue weighted by Crippen LogP contribution is 2.39. The Bertz CT molecular complexity index is 1040. The number of hydrogen-bond acceptors (Lipinski definition) is 7. The van der Waals surface area contributed by atoms with E-state index >= 15 is 0 Å². The number of benzene rings is 1. The number of Topliss-reactive ketones (excluding diaryl/α,β-unsaturated/α-hetero) is 1. The van der Waals surface area contributed by atoms with Crippen LogP contribution in [0, 0.1) is 6.92 Å². The smallest absolute Gasteiger partial charge is 0.290 e. The summed E-state index contributed by atoms with van der Waals surface area (Å²) in [7, 11) is 0. The summed E-state index contributed by atoms with van der Waals surface area (Å²) in [6.07, 6.45) is 1.61. The molecule has 1 atom stereocenters. The Morgan fingerprint density at radius 2 is 1.85 bits per heavy atom. The summed E-state index contributed by atoms with van der Waals surface area (Å²) < 4.78 is 16.6. The number of morpholine rings is 1. The molecule has 8 heteroatoms. The van der Waals surface area contributed by atoms with Gasteiger partial charge in [-0.05, 0) is 49.6 Å². The van der Waals surface area contributed by atoms with Gasteiger partial charge in [0.05, 0.1) is 31.4 Å². The van der Waals surface area contributed by atoms with E-state index in [9.17, 15) is 14.7 Å². The van der Waals surface area contributed by atoms with Crippen LogP contribution in [0.25, 0.3) is 0 Å². The summed E-state index contributed by atoms with van der Waals surface area (Å²) in [5.74, 6) is -0.117. The molecule has 2 aliphatic rings. The maximum atomic E-state index is 13.3. The van der Waals surface area contributed by atoms with Crippen LogP contribution >= 0.6 is 0 Å². The Kier molecular flexibility index (Phi) is 7.70. The topological polar surface area (TPSA) is 92.5 Å². The quantitative estimate of drug-likeness (QED) is 0.532. The molecular formula is C26H32N2O6. The molecule has 8 nitrogen and oxygen atoms in total. The number of hydrogen-bond donors (Lipinski definition) is 1. The Morgan fingerprint density at radius 1 is 1.12 bits per heavy atom. The molecule has 4 rings (SSSR count). The van der Waals surface area contributed by atoms with Crippen molar-refractivity contribution in [2.24, 2.45) is 0 Å². The molecule has 0 bridgehead atoms. The summed E-state index contributed by atoms with van der Waals surface area (Å²) in [5.41, 5.74) is 0.784. The van der Waals surface area contributed by atoms with E-state index in [4.69, 9.17) is 13.9 Å². The molecule has 3 heterocycles. The maximum absolute atomic E-state index is 13.3. The van der Waals surface area contributed by atoms with Crippen LogP contribution in [-0.4, -0.2) is 72.6 Å². The average molecular weight is 469 g/mol. The molecule has 0 aliphatic carbocycles. The molecule has 0 unspecified atom stereocenters. The van der Waals surface area contributed by atoms with Gasteiger partial charge in [-0.15, -0.1) is 0 Å². The number of amides is 1. The molecule has 2 aromatic rings. The van der Waals surface area contributed by atoms with Crippen molar-refractivity contribution in [1.82, 2.24) is 9.80 Å². The summed E-state index contributed by atoms with van der Waals surface area (Å²) in [6, 6.07) is 9.91. The molecule has 1 amide bonds. The Morgan fingerprint density at radius 3 is 2.50 bits per heavy atom. The standard InChI is InChI=1S/C26H32N2O6/c1-3-15-33-20-8-6-19(7-9-20)23-22(24(29)21-10-5-18(2)34-21)25(30)26(31)28(23)12-4-11-27-13-16-32-17-14-27/h5-10,23,30H,3-4,11-17H2,1-2H3/t23-/m1/s1. The molecule has 2 aliphatic heterocycles. The van der Waals surface area contributed by atoms with E-state index in [2.05, 4.69) is 4.90 Å². The van der Waals surface area contributed by atoms with E-state index in [1.54, 1.807) is 24.0 Å². The maximum Gasteiger partial charge on any atom is 0.290 e. The van der Waals surface area contributed by atoms with Crippen LogP contribution in [0.5, 0.6) is 5.75 Å². The average Bonchev–Trinajstić information content (AvgIpc) is 3.40. The molecule has 182 valence electrons. The van der Waals surface area contributed by atoms with Gasteiger partial charge >= 0.3 is 0 Å². The molecular weight excluding hydrogens is 436 g/mol. The molecule has 1 fully saturated rings. The van der Waals surface area contributed by atoms with Crippen LogP contribution in [-0.2, 0) is 9.53 Å². The van der Waals surface area contributed by atoms with Crippen molar-refractivity contribution < 1.29 is 28.6 Å². The zero-order valence-corrected chi connectivity index (χ0v) is 19.8. The predicted molar refractivity (Wildman–Crippen MR) is 126 cm³/mol. The number of ether oxygens (including phenoxy) is 2. The lowest BCUT2D eigenvalue weighted by atomic mass is 9.95. The van der Waals surface area contributed by atoms with Crippen LogP contribution < -0.4 is 4.74 Å². The first-order valence-corrected chi connectivity index (χ1v) is 11.9. The van der Waals surface area contributed by atoms with Crippen molar-refractivity contribution in [3.8, 4) is 5.75 Å². The van der Waals surface area contributed by atoms with Gasteiger partial charge in [-0.1, -0.05) is 19.1 Å². The van der Waals surface area contributed by atoms with Gasteiger partial charge in [0, 0.05) is 26.2 Å². The minimum Gasteiger partial charge on any atom is -0.503 e. The van der Waals surface area contributed by atoms with Gasteiger partial charge in [0.25, 0.3) is 5.91 Å². The monoisotopic (exact) mass is 468 g/mol. The Balaban J connectivity index is 1.59. The van der Waals surface area contributed by atoms with Gasteiger partial charge in [-0.2, -0.15) is 0 Å². The SMILES string of the molecule is CCCOc1ccc([C@@H]2C(C(=O)c3ccc(C)o3)=C(O)C(=O)N2CCCN2CCOCC2)cc1. The van der Waals surface area contributed by atoms with Crippen molar-refractivity contribution in [3.63, 3.8) is 0 Å². The molecule has 0 saturated carbocycles. The van der Waals surface area contributed by atoms with Crippen LogP contribution in [0.4, 0.5) is 0 Å². The first-order chi connectivity index (χ1) is 16.5. The normalized spacial score (nSPS) is 19.2. The van der Waals surface area contributed by atoms with Crippen molar-refractivity contribution in [2.45, 2.75) is 32.7 Å². The van der Waals surface area contributed by atoms with Crippen LogP contribution in [0.2, 0.25) is 0 Å². The number of aliphatic hydroxyl groups excluding tert-OH is 1. The second kappa shape index (κ2) is 10.9. The molecule has 34 heavy (non-hydrogen) atoms. The highest BCUT2D eigenvalue weighted by atomic mass is 16.5. The third-order valence-electron chi connectivity index (χ3n) is 6.16. The molecule has 0 spiro atoms. The van der Waals surface area contributed by atoms with Crippen molar-refractivity contribution in [3.05, 3.63) is 64.8 Å². The predicted octanol–water partition coefficient (Wildman–Crippen LogP) is 3.68. The number of carbonyl (C=O) groups excluding carboxylic acids is 2. The highest BCUT2D eigenvalue weighted by molar-refractivity contribution is 6.15. The van der Waals surface area contributed by atoms with Crippen molar-refractivity contribution in [2.75, 3.05) is 46.0 Å². The fourth-order valence-corrected chi connectivity index (χ4v) is 4.41. The number of ketones is 1. The van der Waals surface area contributed by atoms with E-state index in [1.807, 2.05) is 31.2 Å². The Hall–Kier alpha value is -3.10. The summed E-state index contributed by atoms with van der Waals surface area (Å²) >= 11 is 0. The van der Waals surface area contributed by atoms with E-state index < -0.39 is 23.5 Å². The van der Waals surface area contributed by atoms with Gasteiger partial charge < -0.3 is 23.9 Å². The zero-order chi connectivity index (χ0) is 24.1. The number of rotatable bonds is 10. The first kappa shape index (κ1) is 24.0. The Labute approximate surface area is 199 Å². The highest BCUT2D eigenvalue weighted by Gasteiger charge is 2.44. The lowest BCUT2D eigenvalue weighted by Crippen LogP contribution is -2.39. The van der Waals surface area contributed by atoms with E-state index in [0.29, 0.717) is 38.5 Å². The van der Waals surface area contributed by atoms with Crippen LogP contribution in [0.3, 0.4) is 0 Å². The van der Waals surface area contributed by atoms with Gasteiger partial charge in [-0.3, -0.25) is 14.5 Å². The lowest BCUT2D eigenvalue weighted by molar-refractivity contribution is -0.129. The minimum atomic E-state index is -0.699. The molecule has 1 N–H and O–H groups in total. The summed E-state index contributed by atoms with van der Waals surface area (Å²) in [5, 5.41) is 10.8. The van der Waals surface area contributed by atoms with Gasteiger partial charge in [0.1, 0.15) is 11.5 Å². The number of nitrogens with zero attached hydrogens (tertiary/aromatic N) is 2. The van der Waals surface area contributed by atoms with Gasteiger partial charge in [-0.25, -0.2) is 0 Å². The first-order valence-electron chi connectivity index (χ1n) is 11.9. The largest absolute Gasteiger partial charge is 0.503 e. The number of carbonyl (C=O) groups is 2. The van der Waals surface area contributed by atoms with Crippen molar-refractivity contribution >= 4 is 11.7 Å². The third-order valence-corrected chi connectivity index (χ3v) is 6.16. The van der Waals surface area contributed by atoms with E-state index in [1.165, 1.54) is 0 Å². The molecule has 1 aromatic heterocycles. The summed E-state index contributed by atoms with van der Waals surface area (Å²) in [4.78, 5) is 30.3. The van der Waals surface area contributed by atoms with Crippen molar-refractivity contribution in [1.29, 1.82) is 0 Å². The fraction of sp³-hybridized carbons (Fsp3) is 0.462. The lowest BCUT2D eigenvalue weighted by Gasteiger charge is -2.30. The second-order valence-corrected chi connectivity index (χ2v) is 8.63. The van der Waals surface area contributed by atoms with Gasteiger partial charge in [0.15, 0.2) is 11.5 Å². The van der Waals surface area contributed by atoms with E-state index in [0.717, 1.165) is 37.4 Å². The zero-order valence-electron chi connectivity index (χ0n) is 19.8. The van der Waals surface area contributed by atoms with Gasteiger partial charge in [0.2, 0.25) is 5.78 Å². The number of aliphatic hydroxyl groups is 1. The van der Waals surface area contributed by atoms with Crippen LogP contribution in [0.1, 0.15) is 47.7 Å². The molecule has 1 aromatic carbocycles. The van der Waals surface area contributed by atoms with E-state index in [-0.39, 0.29) is 11.3 Å². The minimum absolute atomic E-state index is 0.0490.